The number of hydrogen-bond donors (Lipinski definition) is 2. The molecule has 0 spiro atoms. The lowest BCUT2D eigenvalue weighted by atomic mass is 10.1. The lowest BCUT2D eigenvalue weighted by Gasteiger charge is -2.22. The van der Waals surface area contributed by atoms with Gasteiger partial charge in [-0.1, -0.05) is 61.5 Å². The van der Waals surface area contributed by atoms with E-state index in [9.17, 15) is 14.4 Å². The van der Waals surface area contributed by atoms with Crippen molar-refractivity contribution in [3.05, 3.63) is 108 Å². The van der Waals surface area contributed by atoms with Gasteiger partial charge in [-0.05, 0) is 48.8 Å². The number of amides is 2. The summed E-state index contributed by atoms with van der Waals surface area (Å²) < 4.78 is 10.8. The standard InChI is InChI=1S/C27H28N2O5/c1-3-23(26(31)28-21-15-10-16-22(33-2)18-17-21)34-27(32)24(19-11-6-4-7-12-19)29-25(30)20-13-8-5-9-14-20/h4-9,11-18,23-24H,3,10H2,1-2H3,(H,28,31)(H,29,30). The lowest BCUT2D eigenvalue weighted by molar-refractivity contribution is -0.157. The molecule has 2 aromatic carbocycles. The van der Waals surface area contributed by atoms with Crippen molar-refractivity contribution in [1.29, 1.82) is 0 Å². The summed E-state index contributed by atoms with van der Waals surface area (Å²) in [7, 11) is 1.58. The molecule has 0 saturated carbocycles. The van der Waals surface area contributed by atoms with Crippen molar-refractivity contribution in [3.63, 3.8) is 0 Å². The smallest absolute Gasteiger partial charge is 0.334 e. The molecule has 0 aromatic heterocycles. The van der Waals surface area contributed by atoms with Gasteiger partial charge in [0.15, 0.2) is 12.1 Å². The van der Waals surface area contributed by atoms with Crippen LogP contribution in [0.15, 0.2) is 96.4 Å². The van der Waals surface area contributed by atoms with Crippen LogP contribution in [-0.2, 0) is 19.1 Å². The van der Waals surface area contributed by atoms with Crippen LogP contribution >= 0.6 is 0 Å². The second kappa shape index (κ2) is 12.2. The summed E-state index contributed by atoms with van der Waals surface area (Å²) in [5, 5.41) is 5.52. The van der Waals surface area contributed by atoms with Crippen molar-refractivity contribution in [3.8, 4) is 0 Å². The molecule has 2 amide bonds. The molecule has 0 heterocycles. The summed E-state index contributed by atoms with van der Waals surface area (Å²) in [5.74, 6) is -0.891. The third-order valence-electron chi connectivity index (χ3n) is 5.19. The van der Waals surface area contributed by atoms with E-state index >= 15 is 0 Å². The van der Waals surface area contributed by atoms with E-state index < -0.39 is 29.9 Å². The topological polar surface area (TPSA) is 93.7 Å². The number of carbonyl (C=O) groups is 3. The Hall–Kier alpha value is -4.13. The van der Waals surface area contributed by atoms with Crippen LogP contribution in [0.25, 0.3) is 0 Å². The Morgan fingerprint density at radius 3 is 2.26 bits per heavy atom. The third kappa shape index (κ3) is 6.68. The molecule has 1 aliphatic rings. The number of ether oxygens (including phenoxy) is 2. The van der Waals surface area contributed by atoms with Crippen LogP contribution in [0, 0.1) is 0 Å². The van der Waals surface area contributed by atoms with Gasteiger partial charge in [0.2, 0.25) is 0 Å². The normalized spacial score (nSPS) is 14.5. The van der Waals surface area contributed by atoms with Crippen LogP contribution < -0.4 is 10.6 Å². The average molecular weight is 461 g/mol. The minimum Gasteiger partial charge on any atom is -0.497 e. The zero-order chi connectivity index (χ0) is 24.3. The molecule has 2 atom stereocenters. The molecule has 34 heavy (non-hydrogen) atoms. The molecule has 2 N–H and O–H groups in total. The first-order valence-corrected chi connectivity index (χ1v) is 11.1. The van der Waals surface area contributed by atoms with E-state index in [2.05, 4.69) is 10.6 Å². The van der Waals surface area contributed by atoms with Crippen molar-refractivity contribution in [2.75, 3.05) is 7.11 Å². The predicted molar refractivity (Wildman–Crippen MR) is 128 cm³/mol. The molecule has 7 nitrogen and oxygen atoms in total. The Morgan fingerprint density at radius 2 is 1.62 bits per heavy atom. The molecule has 1 aliphatic carbocycles. The van der Waals surface area contributed by atoms with Gasteiger partial charge in [-0.2, -0.15) is 0 Å². The Morgan fingerprint density at radius 1 is 0.941 bits per heavy atom. The number of benzene rings is 2. The first kappa shape index (κ1) is 24.5. The van der Waals surface area contributed by atoms with Gasteiger partial charge in [0.25, 0.3) is 11.8 Å². The van der Waals surface area contributed by atoms with Gasteiger partial charge < -0.3 is 20.1 Å². The number of nitrogens with one attached hydrogen (secondary N) is 2. The van der Waals surface area contributed by atoms with E-state index in [1.165, 1.54) is 0 Å². The molecule has 0 saturated heterocycles. The minimum atomic E-state index is -1.07. The van der Waals surface area contributed by atoms with Crippen LogP contribution in [0.1, 0.15) is 41.7 Å². The number of hydrogen-bond acceptors (Lipinski definition) is 5. The first-order chi connectivity index (χ1) is 16.5. The SMILES string of the molecule is CCC(OC(=O)C(NC(=O)c1ccccc1)c1ccccc1)C(=O)NC1=CCC=C(OC)C=C1. The first-order valence-electron chi connectivity index (χ1n) is 11.1. The molecule has 2 aromatic rings. The Balaban J connectivity index is 1.72. The highest BCUT2D eigenvalue weighted by Crippen LogP contribution is 2.18. The van der Waals surface area contributed by atoms with Crippen LogP contribution in [0.5, 0.6) is 0 Å². The molecule has 7 heteroatoms. The Kier molecular flexibility index (Phi) is 8.80. The molecule has 176 valence electrons. The monoisotopic (exact) mass is 460 g/mol. The highest BCUT2D eigenvalue weighted by molar-refractivity contribution is 5.97. The molecule has 0 fully saturated rings. The van der Waals surface area contributed by atoms with Gasteiger partial charge in [-0.15, -0.1) is 0 Å². The van der Waals surface area contributed by atoms with E-state index in [1.807, 2.05) is 18.2 Å². The van der Waals surface area contributed by atoms with Crippen LogP contribution in [-0.4, -0.2) is 31.0 Å². The predicted octanol–water partition coefficient (Wildman–Crippen LogP) is 3.97. The van der Waals surface area contributed by atoms with Crippen molar-refractivity contribution in [2.24, 2.45) is 0 Å². The lowest BCUT2D eigenvalue weighted by Crippen LogP contribution is -2.41. The summed E-state index contributed by atoms with van der Waals surface area (Å²) >= 11 is 0. The summed E-state index contributed by atoms with van der Waals surface area (Å²) in [4.78, 5) is 38.7. The molecular weight excluding hydrogens is 432 g/mol. The number of methoxy groups -OCH3 is 1. The van der Waals surface area contributed by atoms with E-state index in [1.54, 1.807) is 80.8 Å². The average Bonchev–Trinajstić information content (AvgIpc) is 3.11. The summed E-state index contributed by atoms with van der Waals surface area (Å²) in [6, 6.07) is 16.3. The zero-order valence-corrected chi connectivity index (χ0v) is 19.2. The highest BCUT2D eigenvalue weighted by Gasteiger charge is 2.29. The fraction of sp³-hybridized carbons (Fsp3) is 0.222. The summed E-state index contributed by atoms with van der Waals surface area (Å²) in [6.07, 6.45) is 7.01. The van der Waals surface area contributed by atoms with Crippen LogP contribution in [0.3, 0.4) is 0 Å². The van der Waals surface area contributed by atoms with E-state index in [-0.39, 0.29) is 6.42 Å². The molecule has 0 bridgehead atoms. The van der Waals surface area contributed by atoms with Gasteiger partial charge >= 0.3 is 5.97 Å². The van der Waals surface area contributed by atoms with Crippen molar-refractivity contribution < 1.29 is 23.9 Å². The fourth-order valence-corrected chi connectivity index (χ4v) is 3.34. The maximum Gasteiger partial charge on any atom is 0.334 e. The molecular formula is C27H28N2O5. The van der Waals surface area contributed by atoms with Gasteiger partial charge in [0.1, 0.15) is 5.76 Å². The highest BCUT2D eigenvalue weighted by atomic mass is 16.5. The maximum absolute atomic E-state index is 13.1. The van der Waals surface area contributed by atoms with E-state index in [0.29, 0.717) is 29.0 Å². The summed E-state index contributed by atoms with van der Waals surface area (Å²) in [6.45, 7) is 1.75. The van der Waals surface area contributed by atoms with Crippen LogP contribution in [0.4, 0.5) is 0 Å². The van der Waals surface area contributed by atoms with Gasteiger partial charge in [0, 0.05) is 11.3 Å². The molecule has 3 rings (SSSR count). The second-order valence-electron chi connectivity index (χ2n) is 7.55. The Labute approximate surface area is 199 Å². The van der Waals surface area contributed by atoms with Crippen LogP contribution in [0.2, 0.25) is 0 Å². The Bertz CT molecular complexity index is 1090. The van der Waals surface area contributed by atoms with Crippen molar-refractivity contribution in [1.82, 2.24) is 10.6 Å². The molecule has 0 radical (unpaired) electrons. The quantitative estimate of drug-likeness (QED) is 0.553. The zero-order valence-electron chi connectivity index (χ0n) is 19.2. The van der Waals surface area contributed by atoms with E-state index in [0.717, 1.165) is 0 Å². The van der Waals surface area contributed by atoms with Gasteiger partial charge in [-0.3, -0.25) is 9.59 Å². The largest absolute Gasteiger partial charge is 0.497 e. The van der Waals surface area contributed by atoms with Crippen molar-refractivity contribution in [2.45, 2.75) is 31.9 Å². The van der Waals surface area contributed by atoms with Crippen molar-refractivity contribution >= 4 is 17.8 Å². The van der Waals surface area contributed by atoms with E-state index in [4.69, 9.17) is 9.47 Å². The number of allylic oxidation sites excluding steroid dienone is 4. The maximum atomic E-state index is 13.1. The molecule has 0 aliphatic heterocycles. The fourth-order valence-electron chi connectivity index (χ4n) is 3.34. The third-order valence-corrected chi connectivity index (χ3v) is 5.19. The summed E-state index contributed by atoms with van der Waals surface area (Å²) in [5.41, 5.74) is 1.55. The second-order valence-corrected chi connectivity index (χ2v) is 7.55. The molecule has 2 unspecified atom stereocenters. The van der Waals surface area contributed by atoms with Gasteiger partial charge in [0.05, 0.1) is 7.11 Å². The van der Waals surface area contributed by atoms with Gasteiger partial charge in [-0.25, -0.2) is 4.79 Å². The number of rotatable bonds is 9. The number of carbonyl (C=O) groups excluding carboxylic acids is 3. The minimum absolute atomic E-state index is 0.268. The number of esters is 1.